The van der Waals surface area contributed by atoms with E-state index in [1.54, 1.807) is 31.2 Å². The summed E-state index contributed by atoms with van der Waals surface area (Å²) in [6.45, 7) is 2.05. The molecule has 4 nitrogen and oxygen atoms in total. The van der Waals surface area contributed by atoms with Crippen molar-refractivity contribution in [3.63, 3.8) is 0 Å². The molecule has 0 aromatic heterocycles. The van der Waals surface area contributed by atoms with Gasteiger partial charge in [0.2, 0.25) is 0 Å². The van der Waals surface area contributed by atoms with E-state index in [0.717, 1.165) is 0 Å². The lowest BCUT2D eigenvalue weighted by Crippen LogP contribution is -2.27. The molecule has 1 rings (SSSR count). The summed E-state index contributed by atoms with van der Waals surface area (Å²) in [4.78, 5) is 11.2. The minimum absolute atomic E-state index is 0.0547. The summed E-state index contributed by atoms with van der Waals surface area (Å²) in [6.07, 6.45) is 0. The van der Waals surface area contributed by atoms with Crippen molar-refractivity contribution in [1.82, 2.24) is 0 Å². The summed E-state index contributed by atoms with van der Waals surface area (Å²) in [6, 6.07) is 6.47. The number of ether oxygens (including phenoxy) is 1. The molecule has 0 radical (unpaired) electrons. The molecule has 90 valence electrons. The third-order valence-electron chi connectivity index (χ3n) is 1.94. The normalized spacial score (nSPS) is 9.12. The molecule has 1 amide bonds. The van der Waals surface area contributed by atoms with Gasteiger partial charge < -0.3 is 4.74 Å². The molecule has 0 unspecified atom stereocenters. The van der Waals surface area contributed by atoms with E-state index in [2.05, 4.69) is 24.5 Å². The number of carbonyl (C=O) groups excluding carboxylic acids is 1. The zero-order valence-corrected chi connectivity index (χ0v) is 10.3. The molecule has 0 aliphatic rings. The molecule has 0 aliphatic carbocycles. The van der Waals surface area contributed by atoms with Crippen molar-refractivity contribution in [3.8, 4) is 17.6 Å². The Morgan fingerprint density at radius 3 is 2.65 bits per heavy atom. The minimum atomic E-state index is -0.487. The zero-order chi connectivity index (χ0) is 12.7. The Balaban J connectivity index is 2.66. The second-order valence-electron chi connectivity index (χ2n) is 3.07. The van der Waals surface area contributed by atoms with Crippen LogP contribution in [0.1, 0.15) is 6.92 Å². The highest BCUT2D eigenvalue weighted by Gasteiger charge is 2.10. The van der Waals surface area contributed by atoms with Gasteiger partial charge in [-0.2, -0.15) is 17.7 Å². The lowest BCUT2D eigenvalue weighted by Gasteiger charge is -2.13. The summed E-state index contributed by atoms with van der Waals surface area (Å²) in [5, 5.41) is 10.0. The van der Waals surface area contributed by atoms with Crippen molar-refractivity contribution in [2.75, 3.05) is 17.4 Å². The lowest BCUT2D eigenvalue weighted by atomic mass is 10.3. The van der Waals surface area contributed by atoms with Crippen LogP contribution in [0.15, 0.2) is 24.3 Å². The second kappa shape index (κ2) is 6.84. The molecule has 1 aromatic rings. The Labute approximate surface area is 106 Å². The van der Waals surface area contributed by atoms with E-state index in [0.29, 0.717) is 23.1 Å². The van der Waals surface area contributed by atoms with Crippen molar-refractivity contribution in [1.29, 1.82) is 0 Å². The Kier molecular flexibility index (Phi) is 5.40. The second-order valence-corrected chi connectivity index (χ2v) is 3.39. The highest BCUT2D eigenvalue weighted by Crippen LogP contribution is 2.18. The van der Waals surface area contributed by atoms with E-state index < -0.39 is 5.91 Å². The number of rotatable bonds is 4. The predicted octanol–water partition coefficient (Wildman–Crippen LogP) is 1.74. The Morgan fingerprint density at radius 2 is 2.12 bits per heavy atom. The summed E-state index contributed by atoms with van der Waals surface area (Å²) in [5.74, 6) is 5.57. The topological polar surface area (TPSA) is 49.8 Å². The molecule has 0 fully saturated rings. The fraction of sp³-hybridized carbons (Fsp3) is 0.250. The average molecular weight is 251 g/mol. The maximum absolute atomic E-state index is 11.2. The zero-order valence-electron chi connectivity index (χ0n) is 9.38. The first kappa shape index (κ1) is 13.4. The molecule has 0 saturated heterocycles. The molecule has 1 aromatic carbocycles. The van der Waals surface area contributed by atoms with Crippen molar-refractivity contribution in [2.24, 2.45) is 0 Å². The van der Waals surface area contributed by atoms with Crippen LogP contribution >= 0.6 is 12.6 Å². The van der Waals surface area contributed by atoms with Gasteiger partial charge in [0.25, 0.3) is 5.91 Å². The summed E-state index contributed by atoms with van der Waals surface area (Å²) < 4.78 is 5.29. The first-order chi connectivity index (χ1) is 8.19. The smallest absolute Gasteiger partial charge is 0.260 e. The molecule has 0 spiro atoms. The standard InChI is InChI=1S/C12H13NO3S/c1-2-3-8-16-11-6-4-10(5-7-11)13(15)12(14)9-17/h4-7,15,17H,8-9H2,1H3. The Morgan fingerprint density at radius 1 is 1.47 bits per heavy atom. The number of thiol groups is 1. The van der Waals surface area contributed by atoms with Crippen LogP contribution < -0.4 is 9.80 Å². The van der Waals surface area contributed by atoms with Gasteiger partial charge in [-0.3, -0.25) is 10.0 Å². The van der Waals surface area contributed by atoms with Crippen molar-refractivity contribution < 1.29 is 14.7 Å². The van der Waals surface area contributed by atoms with Gasteiger partial charge in [0.05, 0.1) is 11.4 Å². The van der Waals surface area contributed by atoms with Gasteiger partial charge >= 0.3 is 0 Å². The van der Waals surface area contributed by atoms with Crippen LogP contribution in [0, 0.1) is 11.8 Å². The molecular weight excluding hydrogens is 238 g/mol. The van der Waals surface area contributed by atoms with Crippen molar-refractivity contribution in [2.45, 2.75) is 6.92 Å². The molecule has 0 bridgehead atoms. The van der Waals surface area contributed by atoms with Crippen LogP contribution in [0.4, 0.5) is 5.69 Å². The summed E-state index contributed by atoms with van der Waals surface area (Å²) in [5.41, 5.74) is 0.373. The number of hydrogen-bond donors (Lipinski definition) is 2. The highest BCUT2D eigenvalue weighted by molar-refractivity contribution is 7.81. The van der Waals surface area contributed by atoms with Gasteiger partial charge in [0, 0.05) is 0 Å². The van der Waals surface area contributed by atoms with Crippen LogP contribution in [-0.2, 0) is 4.79 Å². The number of anilines is 1. The fourth-order valence-electron chi connectivity index (χ4n) is 1.09. The lowest BCUT2D eigenvalue weighted by molar-refractivity contribution is -0.121. The molecule has 1 N–H and O–H groups in total. The third kappa shape index (κ3) is 4.02. The van der Waals surface area contributed by atoms with E-state index in [9.17, 15) is 10.0 Å². The van der Waals surface area contributed by atoms with E-state index >= 15 is 0 Å². The summed E-state index contributed by atoms with van der Waals surface area (Å²) in [7, 11) is 0. The van der Waals surface area contributed by atoms with Gasteiger partial charge in [0.15, 0.2) is 0 Å². The molecule has 0 atom stereocenters. The highest BCUT2D eigenvalue weighted by atomic mass is 32.1. The van der Waals surface area contributed by atoms with Crippen molar-refractivity contribution >= 4 is 24.2 Å². The number of carbonyl (C=O) groups is 1. The number of nitrogens with zero attached hydrogens (tertiary/aromatic N) is 1. The molecule has 17 heavy (non-hydrogen) atoms. The maximum Gasteiger partial charge on any atom is 0.260 e. The molecule has 0 aliphatic heterocycles. The first-order valence-electron chi connectivity index (χ1n) is 4.94. The van der Waals surface area contributed by atoms with Crippen LogP contribution in [0.25, 0.3) is 0 Å². The van der Waals surface area contributed by atoms with Gasteiger partial charge in [-0.25, -0.2) is 0 Å². The molecule has 0 heterocycles. The predicted molar refractivity (Wildman–Crippen MR) is 68.5 cm³/mol. The van der Waals surface area contributed by atoms with Crippen LogP contribution in [0.2, 0.25) is 0 Å². The average Bonchev–Trinajstić information content (AvgIpc) is 2.38. The fourth-order valence-corrected chi connectivity index (χ4v) is 1.22. The number of hydroxylamine groups is 1. The maximum atomic E-state index is 11.2. The SMILES string of the molecule is CC#CCOc1ccc(N(O)C(=O)CS)cc1. The van der Waals surface area contributed by atoms with E-state index in [-0.39, 0.29) is 5.75 Å². The molecular formula is C12H13NO3S. The third-order valence-corrected chi connectivity index (χ3v) is 2.21. The van der Waals surface area contributed by atoms with Gasteiger partial charge in [-0.1, -0.05) is 5.92 Å². The van der Waals surface area contributed by atoms with Gasteiger partial charge in [0.1, 0.15) is 12.4 Å². The molecule has 5 heteroatoms. The van der Waals surface area contributed by atoms with Gasteiger partial charge in [-0.15, -0.1) is 5.92 Å². The van der Waals surface area contributed by atoms with E-state index in [4.69, 9.17) is 4.74 Å². The van der Waals surface area contributed by atoms with Crippen LogP contribution in [-0.4, -0.2) is 23.5 Å². The van der Waals surface area contributed by atoms with E-state index in [1.807, 2.05) is 0 Å². The Hall–Kier alpha value is -1.64. The monoisotopic (exact) mass is 251 g/mol. The molecule has 0 saturated carbocycles. The largest absolute Gasteiger partial charge is 0.481 e. The van der Waals surface area contributed by atoms with Crippen molar-refractivity contribution in [3.05, 3.63) is 24.3 Å². The number of hydrogen-bond acceptors (Lipinski definition) is 4. The minimum Gasteiger partial charge on any atom is -0.481 e. The number of amides is 1. The quantitative estimate of drug-likeness (QED) is 0.371. The first-order valence-corrected chi connectivity index (χ1v) is 5.57. The van der Waals surface area contributed by atoms with Crippen LogP contribution in [0.5, 0.6) is 5.75 Å². The summed E-state index contributed by atoms with van der Waals surface area (Å²) >= 11 is 3.79. The Bertz CT molecular complexity index is 433. The van der Waals surface area contributed by atoms with Gasteiger partial charge in [-0.05, 0) is 31.2 Å². The van der Waals surface area contributed by atoms with E-state index in [1.165, 1.54) is 0 Å². The van der Waals surface area contributed by atoms with Crippen LogP contribution in [0.3, 0.4) is 0 Å². The number of benzene rings is 1.